The van der Waals surface area contributed by atoms with Crippen LogP contribution in [0.3, 0.4) is 0 Å². The summed E-state index contributed by atoms with van der Waals surface area (Å²) in [5.74, 6) is 0.267. The molecule has 166 valence electrons. The second kappa shape index (κ2) is 9.75. The first-order chi connectivity index (χ1) is 14.5. The Morgan fingerprint density at radius 1 is 1.30 bits per heavy atom. The number of carbonyl (C=O) groups excluding carboxylic acids is 1. The van der Waals surface area contributed by atoms with Crippen LogP contribution < -0.4 is 0 Å². The molecule has 1 aromatic rings. The lowest BCUT2D eigenvalue weighted by molar-refractivity contribution is -0.133. The summed E-state index contributed by atoms with van der Waals surface area (Å²) in [5, 5.41) is 9.74. The van der Waals surface area contributed by atoms with Crippen LogP contribution >= 0.6 is 0 Å². The second-order valence-electron chi connectivity index (χ2n) is 9.78. The highest BCUT2D eigenvalue weighted by Crippen LogP contribution is 2.42. The van der Waals surface area contributed by atoms with Gasteiger partial charge >= 0.3 is 0 Å². The van der Waals surface area contributed by atoms with Gasteiger partial charge < -0.3 is 19.6 Å². The molecule has 2 saturated heterocycles. The molecule has 3 aliphatic rings. The molecule has 4 rings (SSSR count). The van der Waals surface area contributed by atoms with Gasteiger partial charge in [0, 0.05) is 44.5 Å². The zero-order chi connectivity index (χ0) is 21.0. The molecule has 0 aromatic carbocycles. The van der Waals surface area contributed by atoms with Crippen LogP contribution in [0.5, 0.6) is 0 Å². The molecule has 3 fully saturated rings. The average Bonchev–Trinajstić information content (AvgIpc) is 3.15. The van der Waals surface area contributed by atoms with Crippen molar-refractivity contribution in [2.75, 3.05) is 33.3 Å². The number of aryl methyl sites for hydroxylation is 1. The Hall–Kier alpha value is -1.50. The fourth-order valence-electron chi connectivity index (χ4n) is 5.52. The van der Waals surface area contributed by atoms with E-state index in [9.17, 15) is 9.90 Å². The normalized spacial score (nSPS) is 28.9. The second-order valence-corrected chi connectivity index (χ2v) is 9.78. The third-order valence-corrected chi connectivity index (χ3v) is 7.59. The van der Waals surface area contributed by atoms with Gasteiger partial charge in [-0.05, 0) is 75.5 Å². The van der Waals surface area contributed by atoms with Crippen molar-refractivity contribution in [2.45, 2.75) is 76.0 Å². The third-order valence-electron chi connectivity index (χ3n) is 7.59. The van der Waals surface area contributed by atoms with Crippen molar-refractivity contribution >= 4 is 5.91 Å². The van der Waals surface area contributed by atoms with Crippen LogP contribution in [0.2, 0.25) is 0 Å². The number of aliphatic hydroxyl groups is 1. The van der Waals surface area contributed by atoms with Gasteiger partial charge in [-0.3, -0.25) is 9.78 Å². The van der Waals surface area contributed by atoms with Crippen LogP contribution in [-0.2, 0) is 16.0 Å². The van der Waals surface area contributed by atoms with Crippen molar-refractivity contribution in [3.63, 3.8) is 0 Å². The molecule has 2 aliphatic heterocycles. The van der Waals surface area contributed by atoms with Crippen LogP contribution in [0.15, 0.2) is 24.5 Å². The number of ether oxygens (including phenoxy) is 1. The molecule has 3 heterocycles. The summed E-state index contributed by atoms with van der Waals surface area (Å²) in [6.07, 6.45) is 12.4. The predicted molar refractivity (Wildman–Crippen MR) is 116 cm³/mol. The van der Waals surface area contributed by atoms with E-state index in [1.54, 1.807) is 6.20 Å². The Bertz CT molecular complexity index is 682. The van der Waals surface area contributed by atoms with Gasteiger partial charge in [0.05, 0.1) is 18.8 Å². The molecular formula is C24H37N3O3. The average molecular weight is 416 g/mol. The highest BCUT2D eigenvalue weighted by atomic mass is 16.5. The number of likely N-dealkylation sites (tertiary alicyclic amines) is 1. The highest BCUT2D eigenvalue weighted by molar-refractivity contribution is 5.76. The van der Waals surface area contributed by atoms with Gasteiger partial charge in [-0.1, -0.05) is 6.07 Å². The quantitative estimate of drug-likeness (QED) is 0.774. The Morgan fingerprint density at radius 2 is 2.07 bits per heavy atom. The van der Waals surface area contributed by atoms with E-state index in [4.69, 9.17) is 4.74 Å². The minimum Gasteiger partial charge on any atom is -0.393 e. The fraction of sp³-hybridized carbons (Fsp3) is 0.750. The predicted octanol–water partition coefficient (Wildman–Crippen LogP) is 2.65. The van der Waals surface area contributed by atoms with Gasteiger partial charge in [0.2, 0.25) is 5.91 Å². The van der Waals surface area contributed by atoms with Gasteiger partial charge in [0.15, 0.2) is 0 Å². The summed E-state index contributed by atoms with van der Waals surface area (Å²) in [5.41, 5.74) is 1.39. The number of piperidine rings is 1. The van der Waals surface area contributed by atoms with Gasteiger partial charge in [0.25, 0.3) is 0 Å². The van der Waals surface area contributed by atoms with Crippen molar-refractivity contribution in [3.8, 4) is 0 Å². The Labute approximate surface area is 180 Å². The molecule has 1 aromatic heterocycles. The van der Waals surface area contributed by atoms with Crippen molar-refractivity contribution in [1.29, 1.82) is 0 Å². The summed E-state index contributed by atoms with van der Waals surface area (Å²) >= 11 is 0. The maximum absolute atomic E-state index is 12.6. The lowest BCUT2D eigenvalue weighted by atomic mass is 9.76. The minimum absolute atomic E-state index is 0.0992. The lowest BCUT2D eigenvalue weighted by Gasteiger charge is -2.39. The SMILES string of the molecule is CN(C[C@@H]1CC2(CCN(C(=O)CCc3cccnc3)CC2)CO1)C1CCC(O)CC1. The van der Waals surface area contributed by atoms with E-state index in [1.165, 1.54) is 0 Å². The van der Waals surface area contributed by atoms with Crippen LogP contribution in [0.25, 0.3) is 0 Å². The standard InChI is InChI=1S/C24H37N3O3/c1-26(20-5-7-21(28)8-6-20)17-22-15-24(18-30-22)10-13-27(14-11-24)23(29)9-4-19-3-2-12-25-16-19/h2-3,12,16,20-22,28H,4-11,13-15,17-18H2,1H3/t20?,21?,22-/m0/s1. The molecular weight excluding hydrogens is 378 g/mol. The molecule has 30 heavy (non-hydrogen) atoms. The van der Waals surface area contributed by atoms with E-state index in [0.29, 0.717) is 18.6 Å². The number of amides is 1. The maximum Gasteiger partial charge on any atom is 0.222 e. The van der Waals surface area contributed by atoms with Crippen LogP contribution in [0.1, 0.15) is 56.9 Å². The molecule has 1 aliphatic carbocycles. The van der Waals surface area contributed by atoms with E-state index < -0.39 is 0 Å². The lowest BCUT2D eigenvalue weighted by Crippen LogP contribution is -2.44. The Kier molecular flexibility index (Phi) is 7.06. The summed E-state index contributed by atoms with van der Waals surface area (Å²) in [6, 6.07) is 4.54. The van der Waals surface area contributed by atoms with Crippen molar-refractivity contribution < 1.29 is 14.6 Å². The fourth-order valence-corrected chi connectivity index (χ4v) is 5.52. The molecule has 1 N–H and O–H groups in total. The Morgan fingerprint density at radius 3 is 2.77 bits per heavy atom. The molecule has 6 heteroatoms. The number of hydrogen-bond donors (Lipinski definition) is 1. The molecule has 0 radical (unpaired) electrons. The van der Waals surface area contributed by atoms with Gasteiger partial charge in [-0.15, -0.1) is 0 Å². The zero-order valence-corrected chi connectivity index (χ0v) is 18.3. The zero-order valence-electron chi connectivity index (χ0n) is 18.3. The number of aliphatic hydroxyl groups excluding tert-OH is 1. The smallest absolute Gasteiger partial charge is 0.222 e. The molecule has 0 unspecified atom stereocenters. The topological polar surface area (TPSA) is 65.9 Å². The summed E-state index contributed by atoms with van der Waals surface area (Å²) in [7, 11) is 2.21. The highest BCUT2D eigenvalue weighted by Gasteiger charge is 2.43. The Balaban J connectivity index is 1.19. The van der Waals surface area contributed by atoms with E-state index in [1.807, 2.05) is 18.3 Å². The molecule has 0 bridgehead atoms. The van der Waals surface area contributed by atoms with E-state index in [0.717, 1.165) is 83.2 Å². The molecule has 1 spiro atoms. The maximum atomic E-state index is 12.6. The largest absolute Gasteiger partial charge is 0.393 e. The number of aromatic nitrogens is 1. The van der Waals surface area contributed by atoms with E-state index >= 15 is 0 Å². The van der Waals surface area contributed by atoms with Gasteiger partial charge in [-0.25, -0.2) is 0 Å². The van der Waals surface area contributed by atoms with Gasteiger partial charge in [0.1, 0.15) is 0 Å². The van der Waals surface area contributed by atoms with Crippen LogP contribution in [0, 0.1) is 5.41 Å². The number of hydrogen-bond acceptors (Lipinski definition) is 5. The first-order valence-electron chi connectivity index (χ1n) is 11.7. The van der Waals surface area contributed by atoms with Gasteiger partial charge in [-0.2, -0.15) is 0 Å². The van der Waals surface area contributed by atoms with Crippen molar-refractivity contribution in [1.82, 2.24) is 14.8 Å². The molecule has 1 atom stereocenters. The first kappa shape index (κ1) is 21.7. The number of nitrogens with zero attached hydrogens (tertiary/aromatic N) is 3. The number of rotatable bonds is 6. The minimum atomic E-state index is -0.0992. The monoisotopic (exact) mass is 415 g/mol. The summed E-state index contributed by atoms with van der Waals surface area (Å²) in [4.78, 5) is 21.3. The summed E-state index contributed by atoms with van der Waals surface area (Å²) in [6.45, 7) is 3.54. The first-order valence-corrected chi connectivity index (χ1v) is 11.7. The summed E-state index contributed by atoms with van der Waals surface area (Å²) < 4.78 is 6.23. The number of likely N-dealkylation sites (N-methyl/N-ethyl adjacent to an activating group) is 1. The molecule has 1 amide bonds. The van der Waals surface area contributed by atoms with Crippen molar-refractivity contribution in [3.05, 3.63) is 30.1 Å². The molecule has 1 saturated carbocycles. The van der Waals surface area contributed by atoms with E-state index in [2.05, 4.69) is 21.8 Å². The number of pyridine rings is 1. The van der Waals surface area contributed by atoms with Crippen molar-refractivity contribution in [2.24, 2.45) is 5.41 Å². The van der Waals surface area contributed by atoms with Crippen LogP contribution in [-0.4, -0.2) is 77.3 Å². The van der Waals surface area contributed by atoms with E-state index in [-0.39, 0.29) is 17.4 Å². The third kappa shape index (κ3) is 5.40. The number of carbonyl (C=O) groups is 1. The van der Waals surface area contributed by atoms with Crippen LogP contribution in [0.4, 0.5) is 0 Å². The molecule has 6 nitrogen and oxygen atoms in total.